The Balaban J connectivity index is 1.11. The lowest BCUT2D eigenvalue weighted by Gasteiger charge is -2.14. The van der Waals surface area contributed by atoms with Crippen LogP contribution in [0.5, 0.6) is 0 Å². The highest BCUT2D eigenvalue weighted by Crippen LogP contribution is 2.44. The van der Waals surface area contributed by atoms with Crippen LogP contribution in [0.2, 0.25) is 0 Å². The van der Waals surface area contributed by atoms with Crippen LogP contribution in [-0.4, -0.2) is 23.9 Å². The van der Waals surface area contributed by atoms with E-state index in [-0.39, 0.29) is 0 Å². The van der Waals surface area contributed by atoms with Crippen LogP contribution in [0.1, 0.15) is 0 Å². The fraction of sp³-hybridized carbons (Fsp3) is 0. The largest absolute Gasteiger partial charge is 0.309 e. The molecule has 6 heteroatoms. The van der Waals surface area contributed by atoms with Crippen molar-refractivity contribution < 1.29 is 0 Å². The quantitative estimate of drug-likeness (QED) is 0.177. The molecule has 0 amide bonds. The Kier molecular flexibility index (Phi) is 6.73. The van der Waals surface area contributed by atoms with Crippen molar-refractivity contribution >= 4 is 75.1 Å². The Morgan fingerprint density at radius 2 is 0.875 bits per heavy atom. The summed E-state index contributed by atoms with van der Waals surface area (Å²) in [5.74, 6) is 1.60. The lowest BCUT2D eigenvalue weighted by atomic mass is 10.1. The molecule has 262 valence electrons. The first kappa shape index (κ1) is 31.1. The van der Waals surface area contributed by atoms with Crippen LogP contribution >= 0.6 is 11.3 Å². The average Bonchev–Trinajstić information content (AvgIpc) is 4.04. The molecule has 0 unspecified atom stereocenters. The first-order chi connectivity index (χ1) is 27.8. The molecule has 0 aliphatic rings. The number of fused-ring (bicyclic) bond motifs is 10. The number of rotatable bonds is 5. The lowest BCUT2D eigenvalue weighted by molar-refractivity contribution is 1.08. The van der Waals surface area contributed by atoms with Gasteiger partial charge in [0.15, 0.2) is 11.6 Å². The van der Waals surface area contributed by atoms with Gasteiger partial charge in [0.1, 0.15) is 0 Å². The standard InChI is InChI=1S/C50H31N5S/c1-3-15-32(16-4-1)49-51-52-50(33-17-5-2-6-18-33)55(49)43-27-14-26-42-46(43)38-22-7-10-24-40(38)53(42)34-19-13-20-35(31-34)54-41-25-11-8-23-39(41)47-44(54)30-29-37-36-21-9-12-28-45(36)56-48(37)47/h1-31H. The highest BCUT2D eigenvalue weighted by Gasteiger charge is 2.23. The van der Waals surface area contributed by atoms with Crippen LogP contribution in [0.4, 0.5) is 0 Å². The Morgan fingerprint density at radius 3 is 1.54 bits per heavy atom. The molecule has 8 aromatic carbocycles. The van der Waals surface area contributed by atoms with Gasteiger partial charge in [-0.1, -0.05) is 133 Å². The minimum atomic E-state index is 0.801. The van der Waals surface area contributed by atoms with Crippen LogP contribution in [0.25, 0.3) is 104 Å². The molecule has 0 aliphatic heterocycles. The van der Waals surface area contributed by atoms with E-state index in [9.17, 15) is 0 Å². The fourth-order valence-corrected chi connectivity index (χ4v) is 10.1. The molecular weight excluding hydrogens is 703 g/mol. The first-order valence-electron chi connectivity index (χ1n) is 18.8. The maximum atomic E-state index is 4.82. The van der Waals surface area contributed by atoms with E-state index in [0.29, 0.717) is 0 Å². The minimum absolute atomic E-state index is 0.801. The Bertz CT molecular complexity index is 3420. The van der Waals surface area contributed by atoms with E-state index in [1.807, 2.05) is 23.5 Å². The van der Waals surface area contributed by atoms with Gasteiger partial charge in [-0.15, -0.1) is 21.5 Å². The van der Waals surface area contributed by atoms with Crippen molar-refractivity contribution in [3.63, 3.8) is 0 Å². The van der Waals surface area contributed by atoms with Crippen molar-refractivity contribution in [3.8, 4) is 39.8 Å². The molecule has 4 heterocycles. The van der Waals surface area contributed by atoms with E-state index in [1.54, 1.807) is 0 Å². The molecule has 0 saturated carbocycles. The van der Waals surface area contributed by atoms with E-state index in [0.717, 1.165) is 56.3 Å². The molecule has 5 nitrogen and oxygen atoms in total. The SMILES string of the molecule is c1ccc(-c2nnc(-c3ccccc3)n2-c2cccc3c2c2ccccc2n3-c2cccc(-n3c4ccccc4c4c5sc6ccccc6c5ccc43)c2)cc1. The highest BCUT2D eigenvalue weighted by molar-refractivity contribution is 7.26. The number of benzene rings is 8. The van der Waals surface area contributed by atoms with E-state index < -0.39 is 0 Å². The fourth-order valence-electron chi connectivity index (χ4n) is 8.81. The van der Waals surface area contributed by atoms with Gasteiger partial charge in [0.2, 0.25) is 0 Å². The number of hydrogen-bond acceptors (Lipinski definition) is 3. The minimum Gasteiger partial charge on any atom is -0.309 e. The first-order valence-corrected chi connectivity index (χ1v) is 19.7. The Hall–Kier alpha value is -7.28. The maximum Gasteiger partial charge on any atom is 0.168 e. The average molecular weight is 734 g/mol. The van der Waals surface area contributed by atoms with Crippen molar-refractivity contribution in [2.24, 2.45) is 0 Å². The molecule has 4 aromatic heterocycles. The van der Waals surface area contributed by atoms with Gasteiger partial charge in [-0.05, 0) is 54.6 Å². The molecule has 12 aromatic rings. The van der Waals surface area contributed by atoms with Crippen LogP contribution in [-0.2, 0) is 0 Å². The third kappa shape index (κ3) is 4.48. The monoisotopic (exact) mass is 733 g/mol. The van der Waals surface area contributed by atoms with Gasteiger partial charge >= 0.3 is 0 Å². The molecule has 56 heavy (non-hydrogen) atoms. The van der Waals surface area contributed by atoms with Crippen molar-refractivity contribution in [1.82, 2.24) is 23.9 Å². The molecule has 0 bridgehead atoms. The number of para-hydroxylation sites is 2. The zero-order valence-electron chi connectivity index (χ0n) is 30.0. The number of hydrogen-bond donors (Lipinski definition) is 0. The Morgan fingerprint density at radius 1 is 0.357 bits per heavy atom. The molecule has 0 saturated heterocycles. The van der Waals surface area contributed by atoms with Gasteiger partial charge in [0.05, 0.1) is 27.8 Å². The summed E-state index contributed by atoms with van der Waals surface area (Å²) < 4.78 is 9.73. The topological polar surface area (TPSA) is 40.6 Å². The van der Waals surface area contributed by atoms with Gasteiger partial charge in [-0.2, -0.15) is 0 Å². The van der Waals surface area contributed by atoms with Crippen LogP contribution < -0.4 is 0 Å². The van der Waals surface area contributed by atoms with E-state index in [1.165, 1.54) is 47.4 Å². The second-order valence-electron chi connectivity index (χ2n) is 14.2. The van der Waals surface area contributed by atoms with Gasteiger partial charge < -0.3 is 9.13 Å². The van der Waals surface area contributed by atoms with Crippen molar-refractivity contribution in [3.05, 3.63) is 188 Å². The molecule has 0 aliphatic carbocycles. The predicted octanol–water partition coefficient (Wildman–Crippen LogP) is 13.2. The van der Waals surface area contributed by atoms with Crippen LogP contribution in [0, 0.1) is 0 Å². The molecule has 0 N–H and O–H groups in total. The number of aromatic nitrogens is 5. The smallest absolute Gasteiger partial charge is 0.168 e. The van der Waals surface area contributed by atoms with Crippen molar-refractivity contribution in [2.45, 2.75) is 0 Å². The normalized spacial score (nSPS) is 11.9. The molecule has 0 radical (unpaired) electrons. The van der Waals surface area contributed by atoms with Crippen molar-refractivity contribution in [2.75, 3.05) is 0 Å². The third-order valence-electron chi connectivity index (χ3n) is 11.2. The summed E-state index contributed by atoms with van der Waals surface area (Å²) in [5.41, 5.74) is 9.92. The zero-order chi connectivity index (χ0) is 36.7. The summed E-state index contributed by atoms with van der Waals surface area (Å²) in [4.78, 5) is 0. The number of thiophene rings is 1. The van der Waals surface area contributed by atoms with Crippen LogP contribution in [0.15, 0.2) is 188 Å². The summed E-state index contributed by atoms with van der Waals surface area (Å²) >= 11 is 1.89. The van der Waals surface area contributed by atoms with Gasteiger partial charge in [-0.25, -0.2) is 0 Å². The van der Waals surface area contributed by atoms with E-state index in [4.69, 9.17) is 10.2 Å². The molecular formula is C50H31N5S. The van der Waals surface area contributed by atoms with Crippen molar-refractivity contribution in [1.29, 1.82) is 0 Å². The summed E-state index contributed by atoms with van der Waals surface area (Å²) in [6, 6.07) is 67.2. The number of nitrogens with zero attached hydrogens (tertiary/aromatic N) is 5. The summed E-state index contributed by atoms with van der Waals surface area (Å²) in [6.45, 7) is 0. The molecule has 0 spiro atoms. The zero-order valence-corrected chi connectivity index (χ0v) is 30.9. The third-order valence-corrected chi connectivity index (χ3v) is 12.4. The molecule has 12 rings (SSSR count). The highest BCUT2D eigenvalue weighted by atomic mass is 32.1. The predicted molar refractivity (Wildman–Crippen MR) is 234 cm³/mol. The van der Waals surface area contributed by atoms with Gasteiger partial charge in [-0.3, -0.25) is 4.57 Å². The maximum absolute atomic E-state index is 4.82. The second kappa shape index (κ2) is 12.1. The molecule has 0 atom stereocenters. The van der Waals surface area contributed by atoms with Crippen LogP contribution in [0.3, 0.4) is 0 Å². The Labute approximate surface area is 325 Å². The summed E-state index contributed by atoms with van der Waals surface area (Å²) in [5, 5.41) is 17.2. The van der Waals surface area contributed by atoms with E-state index in [2.05, 4.69) is 190 Å². The lowest BCUT2D eigenvalue weighted by Crippen LogP contribution is -2.02. The van der Waals surface area contributed by atoms with Gasteiger partial charge in [0, 0.05) is 64.2 Å². The van der Waals surface area contributed by atoms with Gasteiger partial charge in [0.25, 0.3) is 0 Å². The molecule has 0 fully saturated rings. The van der Waals surface area contributed by atoms with E-state index >= 15 is 0 Å². The summed E-state index contributed by atoms with van der Waals surface area (Å²) in [7, 11) is 0. The summed E-state index contributed by atoms with van der Waals surface area (Å²) in [6.07, 6.45) is 0. The second-order valence-corrected chi connectivity index (χ2v) is 15.3.